The van der Waals surface area contributed by atoms with Crippen LogP contribution in [0.25, 0.3) is 11.0 Å². The smallest absolute Gasteiger partial charge is 0.323 e. The molecule has 5 heteroatoms. The van der Waals surface area contributed by atoms with Gasteiger partial charge in [-0.05, 0) is 42.2 Å². The van der Waals surface area contributed by atoms with Crippen LogP contribution in [0.15, 0.2) is 42.5 Å². The first-order valence-corrected chi connectivity index (χ1v) is 8.35. The summed E-state index contributed by atoms with van der Waals surface area (Å²) in [7, 11) is 0. The van der Waals surface area contributed by atoms with Gasteiger partial charge in [-0.3, -0.25) is 4.79 Å². The summed E-state index contributed by atoms with van der Waals surface area (Å²) in [5, 5.41) is 9.22. The largest absolute Gasteiger partial charge is 0.485 e. The Hall–Kier alpha value is -2.82. The number of carboxylic acids is 1. The van der Waals surface area contributed by atoms with Crippen LogP contribution in [0.3, 0.4) is 0 Å². The van der Waals surface area contributed by atoms with Crippen LogP contribution >= 0.6 is 0 Å². The zero-order valence-electron chi connectivity index (χ0n) is 14.7. The van der Waals surface area contributed by atoms with E-state index < -0.39 is 5.97 Å². The Morgan fingerprint density at radius 2 is 2.00 bits per heavy atom. The van der Waals surface area contributed by atoms with E-state index in [1.54, 1.807) is 4.57 Å². The fraction of sp³-hybridized carbons (Fsp3) is 0.300. The number of ether oxygens (including phenoxy) is 1. The molecule has 0 aliphatic rings. The molecule has 0 atom stereocenters. The number of hydrogen-bond acceptors (Lipinski definition) is 3. The molecule has 5 nitrogen and oxygen atoms in total. The molecule has 0 spiro atoms. The average Bonchev–Trinajstić information content (AvgIpc) is 2.90. The molecule has 0 saturated heterocycles. The molecule has 2 aromatic carbocycles. The number of aromatic nitrogens is 2. The first-order chi connectivity index (χ1) is 12.0. The summed E-state index contributed by atoms with van der Waals surface area (Å²) in [5.74, 6) is 0.875. The molecule has 0 fully saturated rings. The van der Waals surface area contributed by atoms with E-state index in [4.69, 9.17) is 4.74 Å². The van der Waals surface area contributed by atoms with Crippen LogP contribution in [0.2, 0.25) is 0 Å². The number of carbonyl (C=O) groups is 1. The molecule has 1 N–H and O–H groups in total. The van der Waals surface area contributed by atoms with Crippen molar-refractivity contribution in [3.8, 4) is 5.75 Å². The lowest BCUT2D eigenvalue weighted by atomic mass is 10.0. The monoisotopic (exact) mass is 338 g/mol. The van der Waals surface area contributed by atoms with Gasteiger partial charge in [0.05, 0.1) is 11.0 Å². The van der Waals surface area contributed by atoms with E-state index in [1.807, 2.05) is 37.3 Å². The van der Waals surface area contributed by atoms with Crippen LogP contribution in [0.4, 0.5) is 0 Å². The molecule has 0 saturated carbocycles. The minimum atomic E-state index is -0.900. The summed E-state index contributed by atoms with van der Waals surface area (Å²) in [6.07, 6.45) is 0. The maximum atomic E-state index is 11.2. The lowest BCUT2D eigenvalue weighted by Gasteiger charge is -2.15. The highest BCUT2D eigenvalue weighted by Crippen LogP contribution is 2.28. The van der Waals surface area contributed by atoms with Gasteiger partial charge in [0.25, 0.3) is 0 Å². The second-order valence-corrected chi connectivity index (χ2v) is 6.48. The van der Waals surface area contributed by atoms with Crippen LogP contribution in [-0.4, -0.2) is 20.6 Å². The van der Waals surface area contributed by atoms with E-state index in [0.717, 1.165) is 27.9 Å². The molecule has 0 bridgehead atoms. The van der Waals surface area contributed by atoms with E-state index >= 15 is 0 Å². The highest BCUT2D eigenvalue weighted by molar-refractivity contribution is 5.78. The molecule has 3 rings (SSSR count). The van der Waals surface area contributed by atoms with Gasteiger partial charge in [-0.15, -0.1) is 0 Å². The number of benzene rings is 2. The van der Waals surface area contributed by atoms with E-state index in [2.05, 4.69) is 31.0 Å². The number of carboxylic acid groups (broad SMARTS) is 1. The highest BCUT2D eigenvalue weighted by atomic mass is 16.5. The van der Waals surface area contributed by atoms with Crippen molar-refractivity contribution in [1.82, 2.24) is 9.55 Å². The molecule has 3 aromatic rings. The van der Waals surface area contributed by atoms with Crippen LogP contribution < -0.4 is 4.74 Å². The number of nitrogens with zero attached hydrogens (tertiary/aromatic N) is 2. The third-order valence-electron chi connectivity index (χ3n) is 4.17. The number of hydrogen-bond donors (Lipinski definition) is 1. The topological polar surface area (TPSA) is 64.4 Å². The second kappa shape index (κ2) is 6.97. The normalized spacial score (nSPS) is 11.2. The molecule has 130 valence electrons. The molecule has 0 radical (unpaired) electrons. The zero-order valence-corrected chi connectivity index (χ0v) is 14.7. The zero-order chi connectivity index (χ0) is 18.0. The lowest BCUT2D eigenvalue weighted by Crippen LogP contribution is -2.14. The summed E-state index contributed by atoms with van der Waals surface area (Å²) in [6.45, 7) is 6.36. The van der Waals surface area contributed by atoms with Gasteiger partial charge in [0.15, 0.2) is 0 Å². The summed E-state index contributed by atoms with van der Waals surface area (Å²) in [5.41, 5.74) is 3.83. The number of rotatable bonds is 6. The maximum Gasteiger partial charge on any atom is 0.323 e. The fourth-order valence-electron chi connectivity index (χ4n) is 2.93. The van der Waals surface area contributed by atoms with Gasteiger partial charge in [0, 0.05) is 0 Å². The Balaban J connectivity index is 1.94. The molecule has 0 amide bonds. The fourth-order valence-corrected chi connectivity index (χ4v) is 2.93. The van der Waals surface area contributed by atoms with E-state index in [0.29, 0.717) is 11.7 Å². The Bertz CT molecular complexity index is 912. The molecule has 25 heavy (non-hydrogen) atoms. The third kappa shape index (κ3) is 3.65. The van der Waals surface area contributed by atoms with Gasteiger partial charge in [-0.25, -0.2) is 4.98 Å². The van der Waals surface area contributed by atoms with E-state index in [9.17, 15) is 9.90 Å². The van der Waals surface area contributed by atoms with Crippen molar-refractivity contribution in [2.45, 2.75) is 39.8 Å². The highest BCUT2D eigenvalue weighted by Gasteiger charge is 2.15. The van der Waals surface area contributed by atoms with Gasteiger partial charge in [-0.2, -0.15) is 0 Å². The SMILES string of the molecule is Cc1ccc(C(C)C)c(OCc2nc3ccccc3n2CC(=O)O)c1. The first-order valence-electron chi connectivity index (χ1n) is 8.35. The Morgan fingerprint density at radius 1 is 1.24 bits per heavy atom. The Kier molecular flexibility index (Phi) is 4.74. The third-order valence-corrected chi connectivity index (χ3v) is 4.17. The quantitative estimate of drug-likeness (QED) is 0.734. The van der Waals surface area contributed by atoms with Gasteiger partial charge < -0.3 is 14.4 Å². The molecule has 1 aromatic heterocycles. The van der Waals surface area contributed by atoms with Crippen molar-refractivity contribution in [3.63, 3.8) is 0 Å². The molecular formula is C20H22N2O3. The number of imidazole rings is 1. The van der Waals surface area contributed by atoms with E-state index in [1.165, 1.54) is 0 Å². The van der Waals surface area contributed by atoms with Crippen molar-refractivity contribution < 1.29 is 14.6 Å². The minimum absolute atomic E-state index is 0.135. The summed E-state index contributed by atoms with van der Waals surface area (Å²) >= 11 is 0. The van der Waals surface area contributed by atoms with Gasteiger partial charge in [0.2, 0.25) is 0 Å². The summed E-state index contributed by atoms with van der Waals surface area (Å²) < 4.78 is 7.74. The minimum Gasteiger partial charge on any atom is -0.485 e. The second-order valence-electron chi connectivity index (χ2n) is 6.48. The number of para-hydroxylation sites is 2. The molecule has 1 heterocycles. The Labute approximate surface area is 146 Å². The van der Waals surface area contributed by atoms with Crippen molar-refractivity contribution >= 4 is 17.0 Å². The lowest BCUT2D eigenvalue weighted by molar-refractivity contribution is -0.137. The van der Waals surface area contributed by atoms with Gasteiger partial charge in [0.1, 0.15) is 24.7 Å². The van der Waals surface area contributed by atoms with E-state index in [-0.39, 0.29) is 13.2 Å². The predicted octanol–water partition coefficient (Wildman–Crippen LogP) is 4.13. The van der Waals surface area contributed by atoms with Crippen LogP contribution in [0, 0.1) is 6.92 Å². The van der Waals surface area contributed by atoms with Crippen molar-refractivity contribution in [1.29, 1.82) is 0 Å². The average molecular weight is 338 g/mol. The summed E-state index contributed by atoms with van der Waals surface area (Å²) in [4.78, 5) is 15.8. The molecule has 0 aliphatic carbocycles. The predicted molar refractivity (Wildman–Crippen MR) is 97.0 cm³/mol. The van der Waals surface area contributed by atoms with Crippen molar-refractivity contribution in [2.75, 3.05) is 0 Å². The number of aryl methyl sites for hydroxylation is 1. The first kappa shape index (κ1) is 17.0. The maximum absolute atomic E-state index is 11.2. The van der Waals surface area contributed by atoms with Gasteiger partial charge >= 0.3 is 5.97 Å². The molecule has 0 aliphatic heterocycles. The van der Waals surface area contributed by atoms with Crippen molar-refractivity contribution in [3.05, 3.63) is 59.4 Å². The standard InChI is InChI=1S/C20H22N2O3/c1-13(2)15-9-8-14(3)10-18(15)25-12-19-21-16-6-4-5-7-17(16)22(19)11-20(23)24/h4-10,13H,11-12H2,1-3H3,(H,23,24). The summed E-state index contributed by atoms with van der Waals surface area (Å²) in [6, 6.07) is 13.7. The molecular weight excluding hydrogens is 316 g/mol. The molecule has 0 unspecified atom stereocenters. The van der Waals surface area contributed by atoms with Crippen LogP contribution in [0.5, 0.6) is 5.75 Å². The Morgan fingerprint density at radius 3 is 2.72 bits per heavy atom. The van der Waals surface area contributed by atoms with Gasteiger partial charge in [-0.1, -0.05) is 38.1 Å². The number of fused-ring (bicyclic) bond motifs is 1. The number of aliphatic carboxylic acids is 1. The van der Waals surface area contributed by atoms with Crippen LogP contribution in [-0.2, 0) is 17.9 Å². The van der Waals surface area contributed by atoms with Crippen LogP contribution in [0.1, 0.15) is 36.7 Å². The van der Waals surface area contributed by atoms with Crippen molar-refractivity contribution in [2.24, 2.45) is 0 Å².